The van der Waals surface area contributed by atoms with Gasteiger partial charge in [-0.05, 0) is 61.5 Å². The van der Waals surface area contributed by atoms with Crippen molar-refractivity contribution in [2.45, 2.75) is 33.7 Å². The molecule has 1 amide bonds. The molecule has 1 heterocycles. The number of halogens is 1. The lowest BCUT2D eigenvalue weighted by Gasteiger charge is -2.28. The zero-order valence-electron chi connectivity index (χ0n) is 19.8. The molecule has 1 N–H and O–H groups in total. The van der Waals surface area contributed by atoms with Crippen LogP contribution in [0.1, 0.15) is 43.5 Å². The number of hydrogen-bond donors (Lipinski definition) is 1. The molecule has 1 aliphatic rings. The van der Waals surface area contributed by atoms with Crippen LogP contribution in [0.25, 0.3) is 5.76 Å². The normalized spacial score (nSPS) is 17.5. The van der Waals surface area contributed by atoms with Gasteiger partial charge in [0.15, 0.2) is 0 Å². The Balaban J connectivity index is 2.10. The van der Waals surface area contributed by atoms with E-state index in [9.17, 15) is 23.9 Å². The van der Waals surface area contributed by atoms with E-state index in [1.165, 1.54) is 30.0 Å². The number of Topliss-reactive ketones (excluding diaryl/α,β-unsaturated/α-hetero) is 1. The summed E-state index contributed by atoms with van der Waals surface area (Å²) in [6, 6.07) is 9.64. The highest BCUT2D eigenvalue weighted by Gasteiger charge is 2.46. The molecule has 7 nitrogen and oxygen atoms in total. The zero-order valence-corrected chi connectivity index (χ0v) is 19.8. The van der Waals surface area contributed by atoms with Crippen LogP contribution in [0.4, 0.5) is 4.39 Å². The molecule has 8 heteroatoms. The zero-order chi connectivity index (χ0) is 25.0. The van der Waals surface area contributed by atoms with Crippen molar-refractivity contribution in [2.24, 2.45) is 0 Å². The summed E-state index contributed by atoms with van der Waals surface area (Å²) in [7, 11) is 0. The number of ether oxygens (including phenoxy) is 1. The van der Waals surface area contributed by atoms with Crippen molar-refractivity contribution >= 4 is 23.4 Å². The van der Waals surface area contributed by atoms with Gasteiger partial charge in [-0.25, -0.2) is 4.39 Å². The van der Waals surface area contributed by atoms with Crippen LogP contribution in [0.5, 0.6) is 5.75 Å². The first kappa shape index (κ1) is 25.1. The third-order valence-electron chi connectivity index (χ3n) is 5.98. The molecule has 1 fully saturated rings. The highest BCUT2D eigenvalue weighted by Crippen LogP contribution is 2.39. The van der Waals surface area contributed by atoms with Gasteiger partial charge < -0.3 is 19.6 Å². The summed E-state index contributed by atoms with van der Waals surface area (Å²) >= 11 is 0. The lowest BCUT2D eigenvalue weighted by molar-refractivity contribution is -0.140. The second-order valence-electron chi connectivity index (χ2n) is 8.15. The van der Waals surface area contributed by atoms with Crippen molar-refractivity contribution in [1.82, 2.24) is 9.80 Å². The van der Waals surface area contributed by atoms with Gasteiger partial charge in [0, 0.05) is 25.6 Å². The SMILES string of the molecule is CCN(CC)CCN1C(=O)C(=O)/C(=C(\O)c2ccc(F)c(C)c2)C1c1ccc(OC(C)=O)cc1. The predicted octanol–water partition coefficient (Wildman–Crippen LogP) is 3.82. The molecule has 2 aromatic carbocycles. The summed E-state index contributed by atoms with van der Waals surface area (Å²) in [5.74, 6) is -2.44. The predicted molar refractivity (Wildman–Crippen MR) is 126 cm³/mol. The van der Waals surface area contributed by atoms with Gasteiger partial charge in [-0.15, -0.1) is 0 Å². The minimum absolute atomic E-state index is 0.0595. The van der Waals surface area contributed by atoms with Crippen molar-refractivity contribution in [3.8, 4) is 5.75 Å². The maximum atomic E-state index is 13.8. The molecule has 1 saturated heterocycles. The maximum absolute atomic E-state index is 13.8. The molecule has 0 radical (unpaired) electrons. The number of amides is 1. The van der Waals surface area contributed by atoms with E-state index in [-0.39, 0.29) is 23.4 Å². The lowest BCUT2D eigenvalue weighted by atomic mass is 9.94. The first-order valence-electron chi connectivity index (χ1n) is 11.2. The average Bonchev–Trinajstić information content (AvgIpc) is 3.06. The van der Waals surface area contributed by atoms with Gasteiger partial charge in [-0.3, -0.25) is 14.4 Å². The van der Waals surface area contributed by atoms with Gasteiger partial charge in [-0.2, -0.15) is 0 Å². The monoisotopic (exact) mass is 468 g/mol. The Bertz CT molecular complexity index is 1120. The van der Waals surface area contributed by atoms with E-state index in [4.69, 9.17) is 4.74 Å². The van der Waals surface area contributed by atoms with Gasteiger partial charge in [0.2, 0.25) is 0 Å². The van der Waals surface area contributed by atoms with Gasteiger partial charge in [0.25, 0.3) is 11.7 Å². The van der Waals surface area contributed by atoms with Crippen LogP contribution < -0.4 is 4.74 Å². The van der Waals surface area contributed by atoms with Gasteiger partial charge in [0.1, 0.15) is 17.3 Å². The Kier molecular flexibility index (Phi) is 7.83. The van der Waals surface area contributed by atoms with E-state index in [1.807, 2.05) is 13.8 Å². The Labute approximate surface area is 198 Å². The second kappa shape index (κ2) is 10.6. The Morgan fingerprint density at radius 2 is 1.76 bits per heavy atom. The molecule has 0 saturated carbocycles. The molecule has 0 aromatic heterocycles. The van der Waals surface area contributed by atoms with Gasteiger partial charge in [0.05, 0.1) is 11.6 Å². The first-order valence-corrected chi connectivity index (χ1v) is 11.2. The van der Waals surface area contributed by atoms with E-state index >= 15 is 0 Å². The van der Waals surface area contributed by atoms with E-state index in [0.717, 1.165) is 13.1 Å². The fourth-order valence-corrected chi connectivity index (χ4v) is 4.08. The van der Waals surface area contributed by atoms with E-state index < -0.39 is 29.5 Å². The van der Waals surface area contributed by atoms with Crippen LogP contribution in [0.15, 0.2) is 48.0 Å². The topological polar surface area (TPSA) is 87.2 Å². The molecule has 1 atom stereocenters. The molecular weight excluding hydrogens is 439 g/mol. The van der Waals surface area contributed by atoms with Crippen molar-refractivity contribution in [3.63, 3.8) is 0 Å². The maximum Gasteiger partial charge on any atom is 0.308 e. The summed E-state index contributed by atoms with van der Waals surface area (Å²) in [4.78, 5) is 41.0. The van der Waals surface area contributed by atoms with Crippen LogP contribution in [-0.2, 0) is 14.4 Å². The number of nitrogens with zero attached hydrogens (tertiary/aromatic N) is 2. The minimum Gasteiger partial charge on any atom is -0.507 e. The number of ketones is 1. The molecule has 0 aliphatic carbocycles. The number of likely N-dealkylation sites (tertiary alicyclic amines) is 1. The second-order valence-corrected chi connectivity index (χ2v) is 8.15. The number of benzene rings is 2. The number of esters is 1. The molecule has 0 bridgehead atoms. The first-order chi connectivity index (χ1) is 16.2. The number of likely N-dealkylation sites (N-methyl/N-ethyl adjacent to an activating group) is 1. The van der Waals surface area contributed by atoms with Gasteiger partial charge in [-0.1, -0.05) is 26.0 Å². The molecule has 1 aliphatic heterocycles. The van der Waals surface area contributed by atoms with Crippen LogP contribution in [0.3, 0.4) is 0 Å². The highest BCUT2D eigenvalue weighted by molar-refractivity contribution is 6.46. The van der Waals surface area contributed by atoms with Crippen LogP contribution >= 0.6 is 0 Å². The number of hydrogen-bond acceptors (Lipinski definition) is 6. The highest BCUT2D eigenvalue weighted by atomic mass is 19.1. The number of rotatable bonds is 8. The molecule has 1 unspecified atom stereocenters. The van der Waals surface area contributed by atoms with E-state index in [0.29, 0.717) is 23.4 Å². The molecule has 180 valence electrons. The number of aliphatic hydroxyl groups excluding tert-OH is 1. The minimum atomic E-state index is -0.840. The van der Waals surface area contributed by atoms with Crippen molar-refractivity contribution in [3.05, 3.63) is 70.5 Å². The number of aryl methyl sites for hydroxylation is 1. The summed E-state index contributed by atoms with van der Waals surface area (Å²) in [5, 5.41) is 11.1. The summed E-state index contributed by atoms with van der Waals surface area (Å²) in [6.07, 6.45) is 0. The Morgan fingerprint density at radius 1 is 1.12 bits per heavy atom. The third kappa shape index (κ3) is 5.17. The summed E-state index contributed by atoms with van der Waals surface area (Å²) < 4.78 is 18.9. The van der Waals surface area contributed by atoms with Crippen LogP contribution in [0.2, 0.25) is 0 Å². The summed E-state index contributed by atoms with van der Waals surface area (Å²) in [6.45, 7) is 9.29. The van der Waals surface area contributed by atoms with Crippen molar-refractivity contribution in [2.75, 3.05) is 26.2 Å². The molecule has 34 heavy (non-hydrogen) atoms. The van der Waals surface area contributed by atoms with Crippen molar-refractivity contribution in [1.29, 1.82) is 0 Å². The molecule has 0 spiro atoms. The largest absolute Gasteiger partial charge is 0.507 e. The number of carbonyl (C=O) groups is 3. The smallest absolute Gasteiger partial charge is 0.308 e. The van der Waals surface area contributed by atoms with Crippen LogP contribution in [0, 0.1) is 12.7 Å². The average molecular weight is 469 g/mol. The lowest BCUT2D eigenvalue weighted by Crippen LogP contribution is -2.38. The quantitative estimate of drug-likeness (QED) is 0.208. The number of carbonyl (C=O) groups excluding carboxylic acids is 3. The van der Waals surface area contributed by atoms with Crippen LogP contribution in [-0.4, -0.2) is 58.7 Å². The van der Waals surface area contributed by atoms with Crippen molar-refractivity contribution < 1.29 is 28.6 Å². The number of aliphatic hydroxyl groups is 1. The fraction of sp³-hybridized carbons (Fsp3) is 0.346. The third-order valence-corrected chi connectivity index (χ3v) is 5.98. The molecule has 3 rings (SSSR count). The molecule has 2 aromatic rings. The molecular formula is C26H29FN2O5. The fourth-order valence-electron chi connectivity index (χ4n) is 4.08. The Morgan fingerprint density at radius 3 is 2.32 bits per heavy atom. The van der Waals surface area contributed by atoms with E-state index in [1.54, 1.807) is 31.2 Å². The standard InChI is InChI=1S/C26H29FN2O5/c1-5-28(6-2)13-14-29-23(18-7-10-20(11-8-18)34-17(4)30)22(25(32)26(29)33)24(31)19-9-12-21(27)16(3)15-19/h7-12,15,23,31H,5-6,13-14H2,1-4H3/b24-22-. The summed E-state index contributed by atoms with van der Waals surface area (Å²) in [5.41, 5.74) is 1.08. The Hall–Kier alpha value is -3.52. The van der Waals surface area contributed by atoms with E-state index in [2.05, 4.69) is 4.90 Å². The van der Waals surface area contributed by atoms with Gasteiger partial charge >= 0.3 is 5.97 Å².